The van der Waals surface area contributed by atoms with Crippen molar-refractivity contribution in [3.05, 3.63) is 169 Å². The van der Waals surface area contributed by atoms with Crippen molar-refractivity contribution in [1.82, 2.24) is 9.13 Å². The van der Waals surface area contributed by atoms with E-state index < -0.39 is 0 Å². The van der Waals surface area contributed by atoms with Crippen LogP contribution in [0.4, 0.5) is 0 Å². The Kier molecular flexibility index (Phi) is 6.90. The molecule has 0 N–H and O–H groups in total. The molecule has 0 aliphatic carbocycles. The first kappa shape index (κ1) is 28.1. The molecule has 47 heavy (non-hydrogen) atoms. The molecule has 0 atom stereocenters. The van der Waals surface area contributed by atoms with Crippen LogP contribution in [-0.4, -0.2) is 9.13 Å². The molecule has 0 unspecified atom stereocenters. The summed E-state index contributed by atoms with van der Waals surface area (Å²) in [7, 11) is 0. The van der Waals surface area contributed by atoms with Crippen molar-refractivity contribution in [2.45, 2.75) is 6.92 Å². The number of hydrogen-bond acceptors (Lipinski definition) is 1. The SMILES string of the molecule is C=Cc1c(/C=C\C)n(-c2ccc(-c3c(C#N)cccc3-c3ccccc3-n3c4ccccc4c4ccccc43)cc2)c2ccccc12. The van der Waals surface area contributed by atoms with E-state index in [4.69, 9.17) is 0 Å². The standard InChI is InChI=1S/C44H31N3/c1-3-14-39-33(4-2)34-16-5-9-21-40(34)46(39)32-27-25-30(26-28-32)44-31(29-45)15-13-20-38(44)37-19-8-12-24-43(37)47-41-22-10-6-17-35(41)36-18-7-11-23-42(36)47/h3-28H,2H2,1H3/b14-3-. The summed E-state index contributed by atoms with van der Waals surface area (Å²) in [6.07, 6.45) is 6.14. The Bertz CT molecular complexity index is 2500. The molecule has 8 rings (SSSR count). The van der Waals surface area contributed by atoms with Crippen LogP contribution in [0.3, 0.4) is 0 Å². The lowest BCUT2D eigenvalue weighted by Gasteiger charge is -2.18. The Morgan fingerprint density at radius 3 is 1.81 bits per heavy atom. The predicted octanol–water partition coefficient (Wildman–Crippen LogP) is 11.6. The zero-order valence-electron chi connectivity index (χ0n) is 26.1. The smallest absolute Gasteiger partial charge is 0.0998 e. The van der Waals surface area contributed by atoms with E-state index in [1.807, 2.05) is 25.1 Å². The van der Waals surface area contributed by atoms with Crippen molar-refractivity contribution < 1.29 is 0 Å². The molecule has 3 heteroatoms. The lowest BCUT2D eigenvalue weighted by Crippen LogP contribution is -1.99. The number of aromatic nitrogens is 2. The van der Waals surface area contributed by atoms with Crippen molar-refractivity contribution in [2.75, 3.05) is 0 Å². The number of allylic oxidation sites excluding steroid dienone is 1. The summed E-state index contributed by atoms with van der Waals surface area (Å²) in [6.45, 7) is 6.16. The molecule has 0 bridgehead atoms. The second-order valence-electron chi connectivity index (χ2n) is 11.6. The third-order valence-electron chi connectivity index (χ3n) is 9.09. The van der Waals surface area contributed by atoms with E-state index in [2.05, 4.69) is 161 Å². The fraction of sp³-hybridized carbons (Fsp3) is 0.0227. The Morgan fingerprint density at radius 1 is 0.596 bits per heavy atom. The minimum absolute atomic E-state index is 0.641. The van der Waals surface area contributed by atoms with Gasteiger partial charge in [-0.2, -0.15) is 5.26 Å². The molecule has 0 aliphatic heterocycles. The largest absolute Gasteiger partial charge is 0.309 e. The van der Waals surface area contributed by atoms with Crippen LogP contribution in [0.1, 0.15) is 23.7 Å². The zero-order chi connectivity index (χ0) is 31.9. The normalized spacial score (nSPS) is 11.5. The van der Waals surface area contributed by atoms with Crippen LogP contribution in [-0.2, 0) is 0 Å². The second kappa shape index (κ2) is 11.5. The van der Waals surface area contributed by atoms with Crippen molar-refractivity contribution in [3.8, 4) is 39.7 Å². The van der Waals surface area contributed by atoms with Gasteiger partial charge in [0.05, 0.1) is 39.6 Å². The second-order valence-corrected chi connectivity index (χ2v) is 11.6. The summed E-state index contributed by atoms with van der Waals surface area (Å²) in [5.41, 5.74) is 12.4. The van der Waals surface area contributed by atoms with Crippen LogP contribution < -0.4 is 0 Å². The van der Waals surface area contributed by atoms with Gasteiger partial charge in [-0.3, -0.25) is 0 Å². The maximum atomic E-state index is 10.4. The monoisotopic (exact) mass is 601 g/mol. The highest BCUT2D eigenvalue weighted by atomic mass is 15.0. The zero-order valence-corrected chi connectivity index (χ0v) is 26.1. The van der Waals surface area contributed by atoms with E-state index in [1.54, 1.807) is 0 Å². The summed E-state index contributed by atoms with van der Waals surface area (Å²) in [5, 5.41) is 14.0. The van der Waals surface area contributed by atoms with Gasteiger partial charge in [0, 0.05) is 38.5 Å². The van der Waals surface area contributed by atoms with Gasteiger partial charge in [-0.1, -0.05) is 116 Å². The van der Waals surface area contributed by atoms with Crippen LogP contribution in [0.2, 0.25) is 0 Å². The van der Waals surface area contributed by atoms with E-state index in [0.717, 1.165) is 61.4 Å². The van der Waals surface area contributed by atoms with Crippen molar-refractivity contribution in [3.63, 3.8) is 0 Å². The van der Waals surface area contributed by atoms with Crippen molar-refractivity contribution >= 4 is 44.9 Å². The minimum atomic E-state index is 0.641. The third kappa shape index (κ3) is 4.42. The topological polar surface area (TPSA) is 33.6 Å². The molecule has 0 spiro atoms. The highest BCUT2D eigenvalue weighted by molar-refractivity contribution is 6.10. The molecule has 222 valence electrons. The molecule has 0 saturated heterocycles. The number of nitriles is 1. The average Bonchev–Trinajstić information content (AvgIpc) is 3.63. The van der Waals surface area contributed by atoms with Gasteiger partial charge in [-0.05, 0) is 66.6 Å². The molecule has 0 saturated carbocycles. The maximum absolute atomic E-state index is 10.4. The highest BCUT2D eigenvalue weighted by Gasteiger charge is 2.20. The highest BCUT2D eigenvalue weighted by Crippen LogP contribution is 2.41. The van der Waals surface area contributed by atoms with E-state index in [9.17, 15) is 5.26 Å². The van der Waals surface area contributed by atoms with Crippen molar-refractivity contribution in [1.29, 1.82) is 5.26 Å². The number of hydrogen-bond donors (Lipinski definition) is 0. The molecular formula is C44H31N3. The molecule has 0 fully saturated rings. The first-order valence-electron chi connectivity index (χ1n) is 15.8. The summed E-state index contributed by atoms with van der Waals surface area (Å²) >= 11 is 0. The van der Waals surface area contributed by atoms with Gasteiger partial charge in [-0.15, -0.1) is 0 Å². The fourth-order valence-corrected chi connectivity index (χ4v) is 7.14. The Labute approximate surface area is 274 Å². The third-order valence-corrected chi connectivity index (χ3v) is 9.09. The molecule has 2 heterocycles. The van der Waals surface area contributed by atoms with Gasteiger partial charge in [0.15, 0.2) is 0 Å². The van der Waals surface area contributed by atoms with Crippen LogP contribution in [0.15, 0.2) is 152 Å². The lowest BCUT2D eigenvalue weighted by molar-refractivity contribution is 1.10. The summed E-state index contributed by atoms with van der Waals surface area (Å²) in [4.78, 5) is 0. The molecule has 8 aromatic rings. The quantitative estimate of drug-likeness (QED) is 0.187. The molecule has 2 aromatic heterocycles. The first-order chi connectivity index (χ1) is 23.2. The fourth-order valence-electron chi connectivity index (χ4n) is 7.14. The summed E-state index contributed by atoms with van der Waals surface area (Å²) in [6, 6.07) is 51.2. The van der Waals surface area contributed by atoms with Gasteiger partial charge in [-0.25, -0.2) is 0 Å². The van der Waals surface area contributed by atoms with Crippen LogP contribution in [0, 0.1) is 11.3 Å². The van der Waals surface area contributed by atoms with E-state index >= 15 is 0 Å². The van der Waals surface area contributed by atoms with E-state index in [0.29, 0.717) is 5.56 Å². The van der Waals surface area contributed by atoms with Gasteiger partial charge >= 0.3 is 0 Å². The van der Waals surface area contributed by atoms with Gasteiger partial charge in [0.1, 0.15) is 0 Å². The molecule has 0 aliphatic rings. The predicted molar refractivity (Wildman–Crippen MR) is 198 cm³/mol. The van der Waals surface area contributed by atoms with Crippen molar-refractivity contribution in [2.24, 2.45) is 0 Å². The van der Waals surface area contributed by atoms with E-state index in [1.165, 1.54) is 16.2 Å². The van der Waals surface area contributed by atoms with E-state index in [-0.39, 0.29) is 0 Å². The first-order valence-corrected chi connectivity index (χ1v) is 15.8. The maximum Gasteiger partial charge on any atom is 0.0998 e. The Balaban J connectivity index is 1.33. The Hall–Kier alpha value is -6.37. The number of para-hydroxylation sites is 4. The molecule has 6 aromatic carbocycles. The number of nitrogens with zero attached hydrogens (tertiary/aromatic N) is 3. The van der Waals surface area contributed by atoms with Crippen LogP contribution in [0.5, 0.6) is 0 Å². The molecule has 0 radical (unpaired) electrons. The van der Waals surface area contributed by atoms with Gasteiger partial charge < -0.3 is 9.13 Å². The van der Waals surface area contributed by atoms with Gasteiger partial charge in [0.25, 0.3) is 0 Å². The average molecular weight is 602 g/mol. The lowest BCUT2D eigenvalue weighted by atomic mass is 9.90. The van der Waals surface area contributed by atoms with Crippen LogP contribution in [0.25, 0.3) is 78.5 Å². The summed E-state index contributed by atoms with van der Waals surface area (Å²) < 4.78 is 4.63. The number of fused-ring (bicyclic) bond motifs is 4. The van der Waals surface area contributed by atoms with Crippen LogP contribution >= 0.6 is 0 Å². The minimum Gasteiger partial charge on any atom is -0.309 e. The number of rotatable bonds is 6. The number of benzene rings is 6. The molecule has 3 nitrogen and oxygen atoms in total. The van der Waals surface area contributed by atoms with Gasteiger partial charge in [0.2, 0.25) is 0 Å². The Morgan fingerprint density at radius 2 is 1.17 bits per heavy atom. The summed E-state index contributed by atoms with van der Waals surface area (Å²) in [5.74, 6) is 0. The molecular weight excluding hydrogens is 571 g/mol. The molecule has 0 amide bonds.